The van der Waals surface area contributed by atoms with Crippen LogP contribution in [0.1, 0.15) is 34.1 Å². The number of para-hydroxylation sites is 1. The van der Waals surface area contributed by atoms with Gasteiger partial charge in [0.2, 0.25) is 0 Å². The Morgan fingerprint density at radius 2 is 1.76 bits per heavy atom. The van der Waals surface area contributed by atoms with Crippen molar-refractivity contribution < 1.29 is 0 Å². The van der Waals surface area contributed by atoms with Crippen molar-refractivity contribution in [1.82, 2.24) is 10.6 Å². The molecule has 1 atom stereocenters. The molecule has 3 aliphatic heterocycles. The highest BCUT2D eigenvalue weighted by Gasteiger charge is 2.23. The highest BCUT2D eigenvalue weighted by Crippen LogP contribution is 2.33. The number of thiophene rings is 1. The van der Waals surface area contributed by atoms with Crippen molar-refractivity contribution in [2.24, 2.45) is 5.73 Å². The fourth-order valence-electron chi connectivity index (χ4n) is 5.72. The summed E-state index contributed by atoms with van der Waals surface area (Å²) < 4.78 is 1.18. The third kappa shape index (κ3) is 5.69. The van der Waals surface area contributed by atoms with Gasteiger partial charge in [-0.2, -0.15) is 0 Å². The zero-order valence-electron chi connectivity index (χ0n) is 23.9. The lowest BCUT2D eigenvalue weighted by Crippen LogP contribution is -2.36. The molecule has 0 radical (unpaired) electrons. The predicted molar refractivity (Wildman–Crippen MR) is 181 cm³/mol. The lowest BCUT2D eigenvalue weighted by Gasteiger charge is -2.32. The Morgan fingerprint density at radius 3 is 2.62 bits per heavy atom. The van der Waals surface area contributed by atoms with Gasteiger partial charge < -0.3 is 16.4 Å². The van der Waals surface area contributed by atoms with Gasteiger partial charge in [0.25, 0.3) is 0 Å². The lowest BCUT2D eigenvalue weighted by atomic mass is 9.95. The largest absolute Gasteiger partial charge is 0.404 e. The molecule has 0 aliphatic carbocycles. The molecule has 1 aromatic heterocycles. The molecule has 6 rings (SSSR count). The highest BCUT2D eigenvalue weighted by atomic mass is 32.1. The Kier molecular flexibility index (Phi) is 8.11. The van der Waals surface area contributed by atoms with E-state index in [0.29, 0.717) is 6.54 Å². The fourth-order valence-corrected chi connectivity index (χ4v) is 6.96. The van der Waals surface area contributed by atoms with Crippen LogP contribution < -0.4 is 31.0 Å². The van der Waals surface area contributed by atoms with E-state index in [1.807, 2.05) is 18.4 Å². The summed E-state index contributed by atoms with van der Waals surface area (Å²) in [6, 6.07) is 17.3. The van der Waals surface area contributed by atoms with Crippen molar-refractivity contribution in [3.8, 4) is 0 Å². The van der Waals surface area contributed by atoms with Crippen molar-refractivity contribution in [1.29, 1.82) is 0 Å². The van der Waals surface area contributed by atoms with Crippen LogP contribution in [0.2, 0.25) is 0 Å². The van der Waals surface area contributed by atoms with Crippen LogP contribution in [0.5, 0.6) is 0 Å². The molecule has 3 aliphatic rings. The van der Waals surface area contributed by atoms with Gasteiger partial charge in [-0.1, -0.05) is 91.1 Å². The van der Waals surface area contributed by atoms with Gasteiger partial charge in [0, 0.05) is 39.1 Å². The quantitative estimate of drug-likeness (QED) is 0.355. The lowest BCUT2D eigenvalue weighted by molar-refractivity contribution is 0.721. The first kappa shape index (κ1) is 27.4. The summed E-state index contributed by atoms with van der Waals surface area (Å²) in [6.45, 7) is 7.04. The second-order valence-corrected chi connectivity index (χ2v) is 11.6. The molecule has 1 unspecified atom stereocenters. The van der Waals surface area contributed by atoms with Crippen LogP contribution in [0.3, 0.4) is 0 Å². The van der Waals surface area contributed by atoms with Gasteiger partial charge in [-0.25, -0.2) is 0 Å². The number of nitrogens with two attached hydrogens (primary N) is 1. The maximum atomic E-state index is 6.28. The molecular formula is C37H36N4S. The predicted octanol–water partition coefficient (Wildman–Crippen LogP) is 6.00. The summed E-state index contributed by atoms with van der Waals surface area (Å²) in [7, 11) is 0. The summed E-state index contributed by atoms with van der Waals surface area (Å²) >= 11 is 1.80. The molecule has 3 aromatic rings. The topological polar surface area (TPSA) is 53.3 Å². The van der Waals surface area contributed by atoms with Gasteiger partial charge in [-0.15, -0.1) is 11.3 Å². The van der Waals surface area contributed by atoms with E-state index in [0.717, 1.165) is 40.8 Å². The second-order valence-electron chi connectivity index (χ2n) is 10.6. The van der Waals surface area contributed by atoms with Crippen molar-refractivity contribution >= 4 is 41.5 Å². The van der Waals surface area contributed by atoms with E-state index in [1.54, 1.807) is 17.5 Å². The Labute approximate surface area is 252 Å². The second kappa shape index (κ2) is 12.4. The standard InChI is InChI=1S/C37H36N4S/c1-3-31-17-8-6-13-27-14-7-9-18-34(27)41(31)37-23-36-33(25-40-37)32(24-38)35(42-36)22-30-21-29-16-5-4-15-28(29)20-26(2)12-10-11-19-39-30/h3-19,22-24,30,39-40H,2,20-21,25,38H2,1H3/b12-10-,13-6-,17-8-,19-11-,31-3-,32-24-,35-22+. The number of hydrogen-bond acceptors (Lipinski definition) is 5. The minimum atomic E-state index is 0.102. The summed E-state index contributed by atoms with van der Waals surface area (Å²) in [5, 5.41) is 8.43. The molecular weight excluding hydrogens is 533 g/mol. The molecule has 210 valence electrons. The van der Waals surface area contributed by atoms with Crippen LogP contribution in [0.15, 0.2) is 121 Å². The van der Waals surface area contributed by atoms with Gasteiger partial charge >= 0.3 is 0 Å². The summed E-state index contributed by atoms with van der Waals surface area (Å²) in [5.74, 6) is 1.05. The molecule has 0 saturated heterocycles. The molecule has 0 amide bonds. The van der Waals surface area contributed by atoms with Crippen LogP contribution in [0.4, 0.5) is 5.69 Å². The third-order valence-electron chi connectivity index (χ3n) is 7.79. The molecule has 2 aromatic carbocycles. The average Bonchev–Trinajstić information content (AvgIpc) is 3.32. The zero-order chi connectivity index (χ0) is 28.9. The van der Waals surface area contributed by atoms with Crippen LogP contribution in [0, 0.1) is 0 Å². The monoisotopic (exact) mass is 568 g/mol. The molecule has 4 heterocycles. The summed E-state index contributed by atoms with van der Waals surface area (Å²) in [6.07, 6.45) is 26.9. The van der Waals surface area contributed by atoms with Gasteiger partial charge in [-0.3, -0.25) is 4.90 Å². The minimum absolute atomic E-state index is 0.102. The Hall–Kier alpha value is -4.74. The van der Waals surface area contributed by atoms with Crippen LogP contribution in [-0.4, -0.2) is 6.04 Å². The smallest absolute Gasteiger partial charge is 0.112 e. The SMILES string of the molecule is C=C1/C=C\C=C/NC(/C=c2/sc3c(/c2=C/N)CNC(N2C(=C\C)/C=C\C=C/c4ccccc42)=C3)Cc2ccccc2C1. The summed E-state index contributed by atoms with van der Waals surface area (Å²) in [5.41, 5.74) is 14.7. The van der Waals surface area contributed by atoms with Crippen molar-refractivity contribution in [2.45, 2.75) is 32.4 Å². The third-order valence-corrected chi connectivity index (χ3v) is 8.95. The fraction of sp³-hybridized carbons (Fsp3) is 0.135. The maximum absolute atomic E-state index is 6.28. The molecule has 4 nitrogen and oxygen atoms in total. The number of nitrogens with one attached hydrogen (secondary N) is 2. The van der Waals surface area contributed by atoms with Gasteiger partial charge in [0.15, 0.2) is 0 Å². The first-order valence-corrected chi connectivity index (χ1v) is 15.2. The Morgan fingerprint density at radius 1 is 0.976 bits per heavy atom. The number of hydrogen-bond donors (Lipinski definition) is 3. The van der Waals surface area contributed by atoms with E-state index < -0.39 is 0 Å². The molecule has 5 heteroatoms. The van der Waals surface area contributed by atoms with Crippen molar-refractivity contribution in [3.05, 3.63) is 158 Å². The van der Waals surface area contributed by atoms with Gasteiger partial charge in [0.1, 0.15) is 5.82 Å². The van der Waals surface area contributed by atoms with E-state index in [1.165, 1.54) is 31.7 Å². The molecule has 0 bridgehead atoms. The normalized spacial score (nSPS) is 23.1. The Bertz CT molecular complexity index is 1810. The Balaban J connectivity index is 1.41. The van der Waals surface area contributed by atoms with Crippen LogP contribution >= 0.6 is 11.3 Å². The van der Waals surface area contributed by atoms with Crippen molar-refractivity contribution in [3.63, 3.8) is 0 Å². The zero-order valence-corrected chi connectivity index (χ0v) is 24.7. The number of allylic oxidation sites excluding steroid dienone is 8. The molecule has 0 fully saturated rings. The van der Waals surface area contributed by atoms with E-state index in [4.69, 9.17) is 5.73 Å². The van der Waals surface area contributed by atoms with Crippen LogP contribution in [0.25, 0.3) is 24.4 Å². The number of rotatable bonds is 2. The number of benzene rings is 2. The number of fused-ring (bicyclic) bond motifs is 3. The molecule has 4 N–H and O–H groups in total. The molecule has 42 heavy (non-hydrogen) atoms. The van der Waals surface area contributed by atoms with E-state index >= 15 is 0 Å². The number of anilines is 1. The average molecular weight is 569 g/mol. The van der Waals surface area contributed by atoms with Crippen molar-refractivity contribution in [2.75, 3.05) is 4.90 Å². The molecule has 0 saturated carbocycles. The number of nitrogens with zero attached hydrogens (tertiary/aromatic N) is 1. The molecule has 0 spiro atoms. The maximum Gasteiger partial charge on any atom is 0.112 e. The van der Waals surface area contributed by atoms with Gasteiger partial charge in [0.05, 0.1) is 5.69 Å². The van der Waals surface area contributed by atoms with Crippen LogP contribution in [-0.2, 0) is 19.4 Å². The van der Waals surface area contributed by atoms with E-state index in [9.17, 15) is 0 Å². The summed E-state index contributed by atoms with van der Waals surface area (Å²) in [4.78, 5) is 3.54. The first-order chi connectivity index (χ1) is 20.6. The minimum Gasteiger partial charge on any atom is -0.404 e. The highest BCUT2D eigenvalue weighted by molar-refractivity contribution is 7.11. The van der Waals surface area contributed by atoms with Gasteiger partial charge in [-0.05, 0) is 78.6 Å². The van der Waals surface area contributed by atoms with E-state index in [-0.39, 0.29) is 6.04 Å². The van der Waals surface area contributed by atoms with E-state index in [2.05, 4.69) is 126 Å². The first-order valence-electron chi connectivity index (χ1n) is 14.4.